The molecule has 4 bridgehead atoms. The molecule has 3 unspecified atom stereocenters. The van der Waals surface area contributed by atoms with Crippen molar-refractivity contribution in [1.29, 1.82) is 0 Å². The van der Waals surface area contributed by atoms with Gasteiger partial charge in [-0.3, -0.25) is 14.5 Å². The lowest BCUT2D eigenvalue weighted by molar-refractivity contribution is -0.153. The lowest BCUT2D eigenvalue weighted by atomic mass is 9.51. The topological polar surface area (TPSA) is 95.7 Å². The fourth-order valence-electron chi connectivity index (χ4n) is 6.36. The molecule has 134 valence electrons. The molecule has 4 N–H and O–H groups in total. The van der Waals surface area contributed by atoms with Crippen molar-refractivity contribution in [2.45, 2.75) is 62.5 Å². The third-order valence-corrected chi connectivity index (χ3v) is 6.67. The van der Waals surface area contributed by atoms with Gasteiger partial charge in [0.2, 0.25) is 11.8 Å². The smallest absolute Gasteiger partial charge is 0.231 e. The summed E-state index contributed by atoms with van der Waals surface area (Å²) in [5, 5.41) is 14.2. The van der Waals surface area contributed by atoms with Crippen molar-refractivity contribution < 1.29 is 14.7 Å². The Morgan fingerprint density at radius 2 is 1.92 bits per heavy atom. The van der Waals surface area contributed by atoms with E-state index in [-0.39, 0.29) is 29.8 Å². The zero-order chi connectivity index (χ0) is 16.9. The summed E-state index contributed by atoms with van der Waals surface area (Å²) in [6.07, 6.45) is 7.60. The Bertz CT molecular complexity index is 536. The number of carbonyl (C=O) groups excluding carboxylic acids is 2. The van der Waals surface area contributed by atoms with Crippen molar-refractivity contribution >= 4 is 11.8 Å². The van der Waals surface area contributed by atoms with E-state index in [0.29, 0.717) is 18.4 Å². The van der Waals surface area contributed by atoms with Gasteiger partial charge in [0.05, 0.1) is 18.1 Å². The van der Waals surface area contributed by atoms with Crippen LogP contribution in [-0.2, 0) is 9.59 Å². The van der Waals surface area contributed by atoms with Gasteiger partial charge in [0.15, 0.2) is 0 Å². The molecule has 6 nitrogen and oxygen atoms in total. The summed E-state index contributed by atoms with van der Waals surface area (Å²) < 4.78 is 0. The fraction of sp³-hybridized carbons (Fsp3) is 0.889. The second-order valence-corrected chi connectivity index (χ2v) is 9.00. The molecule has 3 atom stereocenters. The van der Waals surface area contributed by atoms with Gasteiger partial charge in [0.25, 0.3) is 0 Å². The molecular formula is C18H29N3O3. The molecule has 2 amide bonds. The maximum absolute atomic E-state index is 12.9. The quantitative estimate of drug-likeness (QED) is 0.692. The van der Waals surface area contributed by atoms with Crippen LogP contribution in [0.5, 0.6) is 0 Å². The SMILES string of the molecule is NC(=O)CN1CCCC(C(=O)NC23CC4CC(CC(O)(C4)C2)C3)C1. The van der Waals surface area contributed by atoms with Crippen LogP contribution in [0.2, 0.25) is 0 Å². The number of nitrogens with two attached hydrogens (primary N) is 1. The normalized spacial score (nSPS) is 44.5. The van der Waals surface area contributed by atoms with Crippen LogP contribution in [-0.4, -0.2) is 52.6 Å². The highest BCUT2D eigenvalue weighted by molar-refractivity contribution is 5.80. The number of nitrogens with one attached hydrogen (secondary N) is 1. The van der Waals surface area contributed by atoms with Crippen LogP contribution in [0.1, 0.15) is 51.4 Å². The van der Waals surface area contributed by atoms with Crippen LogP contribution in [0, 0.1) is 17.8 Å². The van der Waals surface area contributed by atoms with E-state index in [4.69, 9.17) is 5.73 Å². The molecule has 4 aliphatic carbocycles. The highest BCUT2D eigenvalue weighted by Gasteiger charge is 2.57. The Balaban J connectivity index is 1.41. The van der Waals surface area contributed by atoms with Gasteiger partial charge in [-0.05, 0) is 69.7 Å². The van der Waals surface area contributed by atoms with Gasteiger partial charge in [-0.25, -0.2) is 0 Å². The summed E-state index contributed by atoms with van der Waals surface area (Å²) in [5.41, 5.74) is 4.54. The fourth-order valence-corrected chi connectivity index (χ4v) is 6.36. The first-order valence-corrected chi connectivity index (χ1v) is 9.40. The van der Waals surface area contributed by atoms with E-state index in [9.17, 15) is 14.7 Å². The average molecular weight is 335 g/mol. The summed E-state index contributed by atoms with van der Waals surface area (Å²) in [5.74, 6) is 0.832. The predicted octanol–water partition coefficient (Wildman–Crippen LogP) is 0.384. The van der Waals surface area contributed by atoms with Crippen LogP contribution < -0.4 is 11.1 Å². The molecule has 0 spiro atoms. The van der Waals surface area contributed by atoms with Crippen molar-refractivity contribution in [2.24, 2.45) is 23.5 Å². The van der Waals surface area contributed by atoms with Crippen molar-refractivity contribution in [3.63, 3.8) is 0 Å². The Kier molecular flexibility index (Phi) is 3.88. The van der Waals surface area contributed by atoms with E-state index in [2.05, 4.69) is 5.32 Å². The molecule has 1 heterocycles. The number of carbonyl (C=O) groups is 2. The minimum atomic E-state index is -0.554. The van der Waals surface area contributed by atoms with E-state index in [0.717, 1.165) is 51.5 Å². The number of likely N-dealkylation sites (tertiary alicyclic amines) is 1. The van der Waals surface area contributed by atoms with E-state index in [1.54, 1.807) is 0 Å². The molecule has 1 aliphatic heterocycles. The second-order valence-electron chi connectivity index (χ2n) is 9.00. The Hall–Kier alpha value is -1.14. The molecular weight excluding hydrogens is 306 g/mol. The monoisotopic (exact) mass is 335 g/mol. The molecule has 5 fully saturated rings. The molecule has 0 aromatic heterocycles. The highest BCUT2D eigenvalue weighted by atomic mass is 16.3. The van der Waals surface area contributed by atoms with Crippen LogP contribution >= 0.6 is 0 Å². The lowest BCUT2D eigenvalue weighted by Crippen LogP contribution is -2.66. The van der Waals surface area contributed by atoms with E-state index < -0.39 is 5.60 Å². The van der Waals surface area contributed by atoms with Crippen LogP contribution in [0.3, 0.4) is 0 Å². The summed E-state index contributed by atoms with van der Waals surface area (Å²) in [6, 6.07) is 0. The molecule has 5 rings (SSSR count). The van der Waals surface area contributed by atoms with Crippen LogP contribution in [0.25, 0.3) is 0 Å². The van der Waals surface area contributed by atoms with Crippen molar-refractivity contribution in [3.05, 3.63) is 0 Å². The third-order valence-electron chi connectivity index (χ3n) is 6.67. The minimum Gasteiger partial charge on any atom is -0.390 e. The molecule has 5 aliphatic rings. The number of primary amides is 1. The van der Waals surface area contributed by atoms with Gasteiger partial charge >= 0.3 is 0 Å². The van der Waals surface area contributed by atoms with Gasteiger partial charge in [-0.2, -0.15) is 0 Å². The third kappa shape index (κ3) is 3.06. The zero-order valence-corrected chi connectivity index (χ0v) is 14.3. The number of nitrogens with zero attached hydrogens (tertiary/aromatic N) is 1. The molecule has 1 saturated heterocycles. The summed E-state index contributed by atoms with van der Waals surface area (Å²) in [7, 11) is 0. The summed E-state index contributed by atoms with van der Waals surface area (Å²) in [6.45, 7) is 1.68. The first-order valence-electron chi connectivity index (χ1n) is 9.40. The number of piperidine rings is 1. The molecule has 0 radical (unpaired) electrons. The Labute approximate surface area is 143 Å². The first kappa shape index (κ1) is 16.3. The van der Waals surface area contributed by atoms with Gasteiger partial charge in [0.1, 0.15) is 0 Å². The molecule has 6 heteroatoms. The van der Waals surface area contributed by atoms with Crippen molar-refractivity contribution in [2.75, 3.05) is 19.6 Å². The average Bonchev–Trinajstić information content (AvgIpc) is 2.43. The maximum atomic E-state index is 12.9. The Morgan fingerprint density at radius 1 is 1.21 bits per heavy atom. The molecule has 0 aromatic rings. The largest absolute Gasteiger partial charge is 0.390 e. The highest BCUT2D eigenvalue weighted by Crippen LogP contribution is 2.57. The second kappa shape index (κ2) is 5.70. The molecule has 24 heavy (non-hydrogen) atoms. The summed E-state index contributed by atoms with van der Waals surface area (Å²) in [4.78, 5) is 26.0. The van der Waals surface area contributed by atoms with E-state index >= 15 is 0 Å². The van der Waals surface area contributed by atoms with Gasteiger partial charge in [-0.15, -0.1) is 0 Å². The molecule has 4 saturated carbocycles. The van der Waals surface area contributed by atoms with Crippen LogP contribution in [0.4, 0.5) is 0 Å². The van der Waals surface area contributed by atoms with Gasteiger partial charge in [-0.1, -0.05) is 0 Å². The minimum absolute atomic E-state index is 0.0688. The first-order chi connectivity index (χ1) is 11.3. The maximum Gasteiger partial charge on any atom is 0.231 e. The zero-order valence-electron chi connectivity index (χ0n) is 14.3. The summed E-state index contributed by atoms with van der Waals surface area (Å²) >= 11 is 0. The number of hydrogen-bond donors (Lipinski definition) is 3. The van der Waals surface area contributed by atoms with Crippen molar-refractivity contribution in [1.82, 2.24) is 10.2 Å². The standard InChI is InChI=1S/C18H29N3O3/c19-15(22)10-21-3-1-2-14(9-21)16(23)20-17-5-12-4-13(6-17)8-18(24,7-12)11-17/h12-14,24H,1-11H2,(H2,19,22)(H,20,23). The molecule has 0 aromatic carbocycles. The van der Waals surface area contributed by atoms with Gasteiger partial charge in [0, 0.05) is 12.1 Å². The Morgan fingerprint density at radius 3 is 2.54 bits per heavy atom. The number of aliphatic hydroxyl groups is 1. The number of hydrogen-bond acceptors (Lipinski definition) is 4. The number of amides is 2. The lowest BCUT2D eigenvalue weighted by Gasteiger charge is -2.60. The predicted molar refractivity (Wildman–Crippen MR) is 88.9 cm³/mol. The van der Waals surface area contributed by atoms with Crippen molar-refractivity contribution in [3.8, 4) is 0 Å². The van der Waals surface area contributed by atoms with E-state index in [1.165, 1.54) is 6.42 Å². The van der Waals surface area contributed by atoms with Gasteiger partial charge < -0.3 is 16.2 Å². The van der Waals surface area contributed by atoms with E-state index in [1.807, 2.05) is 4.90 Å². The number of rotatable bonds is 4. The van der Waals surface area contributed by atoms with Crippen LogP contribution in [0.15, 0.2) is 0 Å².